The van der Waals surface area contributed by atoms with Gasteiger partial charge in [-0.2, -0.15) is 0 Å². The van der Waals surface area contributed by atoms with E-state index >= 15 is 0 Å². The molecule has 1 rings (SSSR count). The van der Waals surface area contributed by atoms with E-state index in [1.807, 2.05) is 0 Å². The van der Waals surface area contributed by atoms with Gasteiger partial charge in [0, 0.05) is 5.69 Å². The molecular formula is C13H19NO5S. The molecule has 0 bridgehead atoms. The van der Waals surface area contributed by atoms with Crippen LogP contribution in [0.25, 0.3) is 0 Å². The van der Waals surface area contributed by atoms with Crippen LogP contribution < -0.4 is 10.5 Å². The average Bonchev–Trinajstić information content (AvgIpc) is 2.36. The van der Waals surface area contributed by atoms with Crippen LogP contribution in [-0.2, 0) is 19.4 Å². The highest BCUT2D eigenvalue weighted by Crippen LogP contribution is 2.13. The lowest BCUT2D eigenvalue weighted by Gasteiger charge is -2.07. The van der Waals surface area contributed by atoms with Crippen molar-refractivity contribution < 1.29 is 22.7 Å². The number of hydrogen-bond acceptors (Lipinski definition) is 6. The predicted octanol–water partition coefficient (Wildman–Crippen LogP) is 1.02. The first kappa shape index (κ1) is 16.3. The van der Waals surface area contributed by atoms with Crippen LogP contribution in [0.15, 0.2) is 24.3 Å². The summed E-state index contributed by atoms with van der Waals surface area (Å²) >= 11 is 0. The summed E-state index contributed by atoms with van der Waals surface area (Å²) in [6.45, 7) is 2.06. The van der Waals surface area contributed by atoms with Gasteiger partial charge in [0.1, 0.15) is 11.5 Å². The van der Waals surface area contributed by atoms with Crippen molar-refractivity contribution in [3.8, 4) is 5.75 Å². The Bertz CT molecular complexity index is 524. The first-order valence-corrected chi connectivity index (χ1v) is 8.09. The molecular weight excluding hydrogens is 282 g/mol. The molecule has 1 aromatic rings. The van der Waals surface area contributed by atoms with Crippen molar-refractivity contribution >= 4 is 21.5 Å². The van der Waals surface area contributed by atoms with E-state index in [9.17, 15) is 13.2 Å². The Labute approximate surface area is 118 Å². The topological polar surface area (TPSA) is 95.7 Å². The van der Waals surface area contributed by atoms with Crippen LogP contribution >= 0.6 is 0 Å². The van der Waals surface area contributed by atoms with Gasteiger partial charge in [0.05, 0.1) is 19.0 Å². The molecule has 2 N–H and O–H groups in total. The van der Waals surface area contributed by atoms with E-state index in [4.69, 9.17) is 10.5 Å². The summed E-state index contributed by atoms with van der Waals surface area (Å²) in [5.41, 5.74) is 6.16. The third-order valence-corrected chi connectivity index (χ3v) is 3.98. The van der Waals surface area contributed by atoms with Gasteiger partial charge < -0.3 is 15.2 Å². The molecule has 0 fully saturated rings. The lowest BCUT2D eigenvalue weighted by atomic mass is 10.3. The van der Waals surface area contributed by atoms with E-state index in [0.29, 0.717) is 17.9 Å². The smallest absolute Gasteiger partial charge is 0.321 e. The van der Waals surface area contributed by atoms with Gasteiger partial charge in [0.25, 0.3) is 0 Å². The molecule has 0 aliphatic heterocycles. The zero-order valence-corrected chi connectivity index (χ0v) is 12.2. The lowest BCUT2D eigenvalue weighted by molar-refractivity contribution is -0.139. The summed E-state index contributed by atoms with van der Waals surface area (Å²) in [5.74, 6) is -0.780. The molecule has 0 amide bonds. The molecule has 0 radical (unpaired) electrons. The van der Waals surface area contributed by atoms with Crippen LogP contribution in [0.1, 0.15) is 13.3 Å². The Balaban J connectivity index is 2.29. The van der Waals surface area contributed by atoms with Crippen LogP contribution in [-0.4, -0.2) is 39.1 Å². The Kier molecular flexibility index (Phi) is 6.30. The highest BCUT2D eigenvalue weighted by atomic mass is 32.2. The quantitative estimate of drug-likeness (QED) is 0.437. The first-order chi connectivity index (χ1) is 9.43. The summed E-state index contributed by atoms with van der Waals surface area (Å²) < 4.78 is 33.2. The summed E-state index contributed by atoms with van der Waals surface area (Å²) in [6.07, 6.45) is 0.312. The van der Waals surface area contributed by atoms with Crippen molar-refractivity contribution in [2.24, 2.45) is 0 Å². The molecule has 6 nitrogen and oxygen atoms in total. The SMILES string of the molecule is CCOC(=O)CS(=O)(=O)CCCOc1ccc(N)cc1. The summed E-state index contributed by atoms with van der Waals surface area (Å²) in [5, 5.41) is 0. The van der Waals surface area contributed by atoms with Crippen molar-refractivity contribution in [1.82, 2.24) is 0 Å². The van der Waals surface area contributed by atoms with Gasteiger partial charge in [-0.25, -0.2) is 8.42 Å². The van der Waals surface area contributed by atoms with Crippen molar-refractivity contribution in [2.75, 3.05) is 30.5 Å². The molecule has 0 saturated carbocycles. The van der Waals surface area contributed by atoms with Crippen LogP contribution in [0.5, 0.6) is 5.75 Å². The van der Waals surface area contributed by atoms with E-state index in [2.05, 4.69) is 4.74 Å². The van der Waals surface area contributed by atoms with E-state index in [1.165, 1.54) is 0 Å². The Morgan fingerprint density at radius 2 is 1.90 bits per heavy atom. The Morgan fingerprint density at radius 3 is 2.50 bits per heavy atom. The van der Waals surface area contributed by atoms with Crippen molar-refractivity contribution in [2.45, 2.75) is 13.3 Å². The fraction of sp³-hybridized carbons (Fsp3) is 0.462. The highest BCUT2D eigenvalue weighted by Gasteiger charge is 2.17. The van der Waals surface area contributed by atoms with Gasteiger partial charge in [-0.05, 0) is 37.6 Å². The fourth-order valence-electron chi connectivity index (χ4n) is 1.49. The average molecular weight is 301 g/mol. The van der Waals surface area contributed by atoms with E-state index in [0.717, 1.165) is 0 Å². The molecule has 0 aliphatic carbocycles. The summed E-state index contributed by atoms with van der Waals surface area (Å²) in [7, 11) is -3.44. The third-order valence-electron chi connectivity index (χ3n) is 2.39. The second-order valence-electron chi connectivity index (χ2n) is 4.17. The van der Waals surface area contributed by atoms with Crippen LogP contribution in [0.3, 0.4) is 0 Å². The number of carbonyl (C=O) groups excluding carboxylic acids is 1. The van der Waals surface area contributed by atoms with Gasteiger partial charge in [-0.1, -0.05) is 0 Å². The molecule has 0 saturated heterocycles. The molecule has 0 aliphatic rings. The van der Waals surface area contributed by atoms with Crippen LogP contribution in [0, 0.1) is 0 Å². The number of ether oxygens (including phenoxy) is 2. The molecule has 112 valence electrons. The van der Waals surface area contributed by atoms with Crippen molar-refractivity contribution in [1.29, 1.82) is 0 Å². The predicted molar refractivity (Wildman–Crippen MR) is 76.3 cm³/mol. The van der Waals surface area contributed by atoms with Gasteiger partial charge in [0.15, 0.2) is 9.84 Å². The number of benzene rings is 1. The normalized spacial score (nSPS) is 11.1. The standard InChI is InChI=1S/C13H19NO5S/c1-2-18-13(15)10-20(16,17)9-3-8-19-12-6-4-11(14)5-7-12/h4-7H,2-3,8-10,14H2,1H3. The lowest BCUT2D eigenvalue weighted by Crippen LogP contribution is -2.21. The molecule has 1 aromatic carbocycles. The minimum Gasteiger partial charge on any atom is -0.494 e. The highest BCUT2D eigenvalue weighted by molar-refractivity contribution is 7.92. The van der Waals surface area contributed by atoms with E-state index in [1.54, 1.807) is 31.2 Å². The maximum atomic E-state index is 11.6. The Morgan fingerprint density at radius 1 is 1.25 bits per heavy atom. The van der Waals surface area contributed by atoms with Gasteiger partial charge >= 0.3 is 5.97 Å². The number of anilines is 1. The molecule has 7 heteroatoms. The first-order valence-electron chi connectivity index (χ1n) is 6.27. The van der Waals surface area contributed by atoms with Gasteiger partial charge in [-0.3, -0.25) is 4.79 Å². The summed E-state index contributed by atoms with van der Waals surface area (Å²) in [6, 6.07) is 6.82. The number of carbonyl (C=O) groups is 1. The molecule has 0 aromatic heterocycles. The zero-order chi connectivity index (χ0) is 15.0. The zero-order valence-electron chi connectivity index (χ0n) is 11.4. The summed E-state index contributed by atoms with van der Waals surface area (Å²) in [4.78, 5) is 11.1. The third kappa shape index (κ3) is 6.42. The number of hydrogen-bond donors (Lipinski definition) is 1. The largest absolute Gasteiger partial charge is 0.494 e. The van der Waals surface area contributed by atoms with Gasteiger partial charge in [0.2, 0.25) is 0 Å². The second kappa shape index (κ2) is 7.74. The monoisotopic (exact) mass is 301 g/mol. The Hall–Kier alpha value is -1.76. The van der Waals surface area contributed by atoms with E-state index < -0.39 is 21.6 Å². The number of sulfone groups is 1. The molecule has 0 unspecified atom stereocenters. The number of nitrogen functional groups attached to an aromatic ring is 1. The molecule has 0 atom stereocenters. The molecule has 20 heavy (non-hydrogen) atoms. The molecule has 0 spiro atoms. The van der Waals surface area contributed by atoms with E-state index in [-0.39, 0.29) is 19.0 Å². The maximum absolute atomic E-state index is 11.6. The number of esters is 1. The van der Waals surface area contributed by atoms with Crippen molar-refractivity contribution in [3.05, 3.63) is 24.3 Å². The van der Waals surface area contributed by atoms with Crippen LogP contribution in [0.4, 0.5) is 5.69 Å². The molecule has 0 heterocycles. The van der Waals surface area contributed by atoms with Crippen molar-refractivity contribution in [3.63, 3.8) is 0 Å². The number of nitrogens with two attached hydrogens (primary N) is 1. The van der Waals surface area contributed by atoms with Gasteiger partial charge in [-0.15, -0.1) is 0 Å². The minimum absolute atomic E-state index is 0.110. The number of rotatable bonds is 8. The maximum Gasteiger partial charge on any atom is 0.321 e. The fourth-order valence-corrected chi connectivity index (χ4v) is 2.63. The van der Waals surface area contributed by atoms with Crippen LogP contribution in [0.2, 0.25) is 0 Å². The second-order valence-corrected chi connectivity index (χ2v) is 6.35. The minimum atomic E-state index is -3.44.